The fraction of sp³-hybridized carbons (Fsp3) is 0.500. The lowest BCUT2D eigenvalue weighted by Gasteiger charge is -2.33. The third-order valence-electron chi connectivity index (χ3n) is 4.31. The molecule has 128 valence electrons. The summed E-state index contributed by atoms with van der Waals surface area (Å²) in [6, 6.07) is 0. The van der Waals surface area contributed by atoms with Crippen LogP contribution in [0.15, 0.2) is 29.4 Å². The average Bonchev–Trinajstić information content (AvgIpc) is 3.02. The third-order valence-corrected chi connectivity index (χ3v) is 4.72. The molecule has 0 radical (unpaired) electrons. The smallest absolute Gasteiger partial charge is 0.273 e. The Labute approximate surface area is 149 Å². The number of imidazole rings is 1. The Balaban J connectivity index is 1.51. The van der Waals surface area contributed by atoms with E-state index in [1.807, 2.05) is 14.1 Å². The Bertz CT molecular complexity index is 693. The number of nitrogens with zero attached hydrogens (tertiary/aromatic N) is 6. The van der Waals surface area contributed by atoms with Crippen LogP contribution < -0.4 is 4.90 Å². The van der Waals surface area contributed by atoms with Gasteiger partial charge in [0, 0.05) is 52.3 Å². The molecule has 0 atom stereocenters. The molecule has 7 nitrogen and oxygen atoms in total. The second-order valence-corrected chi connectivity index (χ2v) is 7.16. The van der Waals surface area contributed by atoms with Crippen molar-refractivity contribution in [3.05, 3.63) is 35.1 Å². The van der Waals surface area contributed by atoms with Gasteiger partial charge in [0.25, 0.3) is 5.91 Å². The average molecular weight is 393 g/mol. The van der Waals surface area contributed by atoms with E-state index in [-0.39, 0.29) is 5.91 Å². The minimum Gasteiger partial charge on any atom is -0.341 e. The summed E-state index contributed by atoms with van der Waals surface area (Å²) in [6.45, 7) is 2.58. The van der Waals surface area contributed by atoms with Crippen LogP contribution in [0.25, 0.3) is 0 Å². The molecule has 3 rings (SSSR count). The van der Waals surface area contributed by atoms with Gasteiger partial charge in [-0.25, -0.2) is 15.0 Å². The van der Waals surface area contributed by atoms with Crippen LogP contribution in [0.3, 0.4) is 0 Å². The summed E-state index contributed by atoms with van der Waals surface area (Å²) in [6.07, 6.45) is 9.00. The number of anilines is 1. The van der Waals surface area contributed by atoms with Crippen molar-refractivity contribution in [1.29, 1.82) is 0 Å². The molecule has 3 heterocycles. The Morgan fingerprint density at radius 3 is 2.54 bits per heavy atom. The minimum absolute atomic E-state index is 0.0192. The highest BCUT2D eigenvalue weighted by Crippen LogP contribution is 2.22. The van der Waals surface area contributed by atoms with Gasteiger partial charge in [0.2, 0.25) is 5.95 Å². The zero-order chi connectivity index (χ0) is 17.1. The van der Waals surface area contributed by atoms with E-state index in [2.05, 4.69) is 35.8 Å². The van der Waals surface area contributed by atoms with Crippen LogP contribution in [-0.2, 0) is 7.05 Å². The molecule has 1 amide bonds. The SMILES string of the molecule is CN(CC1CCN(c2ncc(Br)cn2)CC1)C(=O)c1cn(C)cn1. The maximum atomic E-state index is 12.4. The lowest BCUT2D eigenvalue weighted by molar-refractivity contribution is 0.0759. The molecule has 8 heteroatoms. The summed E-state index contributed by atoms with van der Waals surface area (Å²) >= 11 is 3.35. The van der Waals surface area contributed by atoms with Gasteiger partial charge in [-0.3, -0.25) is 4.79 Å². The van der Waals surface area contributed by atoms with Crippen LogP contribution in [0.4, 0.5) is 5.95 Å². The second kappa shape index (κ2) is 7.29. The first-order valence-electron chi connectivity index (χ1n) is 7.99. The summed E-state index contributed by atoms with van der Waals surface area (Å²) in [4.78, 5) is 29.2. The molecule has 0 unspecified atom stereocenters. The topological polar surface area (TPSA) is 67.2 Å². The van der Waals surface area contributed by atoms with E-state index in [9.17, 15) is 4.79 Å². The van der Waals surface area contributed by atoms with Gasteiger partial charge in [0.15, 0.2) is 0 Å². The molecule has 0 aromatic carbocycles. The number of hydrogen-bond donors (Lipinski definition) is 0. The quantitative estimate of drug-likeness (QED) is 0.795. The minimum atomic E-state index is -0.0192. The van der Waals surface area contributed by atoms with E-state index in [4.69, 9.17) is 0 Å². The molecule has 1 aliphatic heterocycles. The molecular formula is C16H21BrN6O. The molecule has 1 saturated heterocycles. The van der Waals surface area contributed by atoms with Crippen molar-refractivity contribution in [2.75, 3.05) is 31.6 Å². The van der Waals surface area contributed by atoms with Gasteiger partial charge in [0.1, 0.15) is 5.69 Å². The maximum Gasteiger partial charge on any atom is 0.273 e. The molecule has 2 aromatic heterocycles. The van der Waals surface area contributed by atoms with Crippen LogP contribution in [-0.4, -0.2) is 57.0 Å². The van der Waals surface area contributed by atoms with Crippen LogP contribution in [0.5, 0.6) is 0 Å². The molecule has 2 aromatic rings. The highest BCUT2D eigenvalue weighted by molar-refractivity contribution is 9.10. The van der Waals surface area contributed by atoms with Crippen molar-refractivity contribution in [1.82, 2.24) is 24.4 Å². The number of hydrogen-bond acceptors (Lipinski definition) is 5. The molecule has 0 aliphatic carbocycles. The number of carbonyl (C=O) groups excluding carboxylic acids is 1. The predicted octanol–water partition coefficient (Wildman–Crippen LogP) is 1.96. The molecule has 0 saturated carbocycles. The first kappa shape index (κ1) is 16.9. The number of aromatic nitrogens is 4. The van der Waals surface area contributed by atoms with Gasteiger partial charge < -0.3 is 14.4 Å². The zero-order valence-corrected chi connectivity index (χ0v) is 15.5. The fourth-order valence-electron chi connectivity index (χ4n) is 2.97. The van der Waals surface area contributed by atoms with E-state index < -0.39 is 0 Å². The van der Waals surface area contributed by atoms with E-state index in [1.165, 1.54) is 0 Å². The number of amides is 1. The van der Waals surface area contributed by atoms with Crippen molar-refractivity contribution in [3.63, 3.8) is 0 Å². The molecule has 1 fully saturated rings. The van der Waals surface area contributed by atoms with E-state index in [1.54, 1.807) is 34.4 Å². The summed E-state index contributed by atoms with van der Waals surface area (Å²) < 4.78 is 2.67. The van der Waals surface area contributed by atoms with Gasteiger partial charge in [-0.2, -0.15) is 0 Å². The number of carbonyl (C=O) groups is 1. The number of piperidine rings is 1. The van der Waals surface area contributed by atoms with Gasteiger partial charge in [-0.05, 0) is 34.7 Å². The monoisotopic (exact) mass is 392 g/mol. The van der Waals surface area contributed by atoms with Crippen LogP contribution >= 0.6 is 15.9 Å². The molecule has 0 bridgehead atoms. The van der Waals surface area contributed by atoms with Gasteiger partial charge in [-0.15, -0.1) is 0 Å². The maximum absolute atomic E-state index is 12.4. The highest BCUT2D eigenvalue weighted by atomic mass is 79.9. The van der Waals surface area contributed by atoms with Crippen molar-refractivity contribution < 1.29 is 4.79 Å². The van der Waals surface area contributed by atoms with Crippen molar-refractivity contribution in [3.8, 4) is 0 Å². The molecule has 24 heavy (non-hydrogen) atoms. The fourth-order valence-corrected chi connectivity index (χ4v) is 3.18. The normalized spacial score (nSPS) is 15.5. The van der Waals surface area contributed by atoms with Crippen LogP contribution in [0.1, 0.15) is 23.3 Å². The van der Waals surface area contributed by atoms with E-state index in [0.717, 1.165) is 42.9 Å². The number of aryl methyl sites for hydroxylation is 1. The van der Waals surface area contributed by atoms with Crippen molar-refractivity contribution >= 4 is 27.8 Å². The molecule has 0 N–H and O–H groups in total. The van der Waals surface area contributed by atoms with Gasteiger partial charge in [-0.1, -0.05) is 0 Å². The molecule has 1 aliphatic rings. The van der Waals surface area contributed by atoms with Crippen molar-refractivity contribution in [2.24, 2.45) is 13.0 Å². The van der Waals surface area contributed by atoms with Crippen LogP contribution in [0, 0.1) is 5.92 Å². The largest absolute Gasteiger partial charge is 0.341 e. The second-order valence-electron chi connectivity index (χ2n) is 6.24. The predicted molar refractivity (Wildman–Crippen MR) is 94.8 cm³/mol. The third kappa shape index (κ3) is 3.92. The first-order chi connectivity index (χ1) is 11.5. The van der Waals surface area contributed by atoms with Gasteiger partial charge in [0.05, 0.1) is 10.8 Å². The summed E-state index contributed by atoms with van der Waals surface area (Å²) in [7, 11) is 3.71. The number of halogens is 1. The van der Waals surface area contributed by atoms with E-state index >= 15 is 0 Å². The lowest BCUT2D eigenvalue weighted by Crippen LogP contribution is -2.40. The zero-order valence-electron chi connectivity index (χ0n) is 13.9. The Morgan fingerprint density at radius 1 is 1.29 bits per heavy atom. The summed E-state index contributed by atoms with van der Waals surface area (Å²) in [5, 5.41) is 0. The van der Waals surface area contributed by atoms with Crippen LogP contribution in [0.2, 0.25) is 0 Å². The Kier molecular flexibility index (Phi) is 5.13. The van der Waals surface area contributed by atoms with Gasteiger partial charge >= 0.3 is 0 Å². The summed E-state index contributed by atoms with van der Waals surface area (Å²) in [5.74, 6) is 1.25. The highest BCUT2D eigenvalue weighted by Gasteiger charge is 2.24. The summed E-state index contributed by atoms with van der Waals surface area (Å²) in [5.41, 5.74) is 0.501. The van der Waals surface area contributed by atoms with E-state index in [0.29, 0.717) is 11.6 Å². The number of rotatable bonds is 4. The first-order valence-corrected chi connectivity index (χ1v) is 8.78. The molecule has 0 spiro atoms. The Hall–Kier alpha value is -1.96. The lowest BCUT2D eigenvalue weighted by atomic mass is 9.96. The standard InChI is InChI=1S/C16H21BrN6O/c1-21-10-14(20-11-21)15(24)22(2)9-12-3-5-23(6-4-12)16-18-7-13(17)8-19-16/h7-8,10-12H,3-6,9H2,1-2H3. The Morgan fingerprint density at radius 2 is 1.96 bits per heavy atom. The van der Waals surface area contributed by atoms with Crippen molar-refractivity contribution in [2.45, 2.75) is 12.8 Å². The molecular weight excluding hydrogens is 372 g/mol.